The second kappa shape index (κ2) is 7.36. The van der Waals surface area contributed by atoms with Crippen molar-refractivity contribution in [3.8, 4) is 0 Å². The van der Waals surface area contributed by atoms with E-state index in [-0.39, 0.29) is 19.8 Å². The molecular weight excluding hydrogens is 317 g/mol. The van der Waals surface area contributed by atoms with Crippen molar-refractivity contribution in [3.63, 3.8) is 0 Å². The lowest BCUT2D eigenvalue weighted by molar-refractivity contribution is -0.0289. The zero-order chi connectivity index (χ0) is 16.9. The van der Waals surface area contributed by atoms with Crippen LogP contribution in [0, 0.1) is 0 Å². The van der Waals surface area contributed by atoms with Crippen molar-refractivity contribution in [2.24, 2.45) is 0 Å². The molecule has 0 bridgehead atoms. The first-order chi connectivity index (χ1) is 11.1. The summed E-state index contributed by atoms with van der Waals surface area (Å²) < 4.78 is 31.7. The first-order valence-corrected chi connectivity index (χ1v) is 9.10. The topological polar surface area (TPSA) is 75.5 Å². The molecule has 1 heterocycles. The summed E-state index contributed by atoms with van der Waals surface area (Å²) in [6, 6.07) is 7.32. The van der Waals surface area contributed by atoms with E-state index in [1.807, 2.05) is 24.3 Å². The monoisotopic (exact) mass is 339 g/mol. The molecule has 1 aromatic heterocycles. The Morgan fingerprint density at radius 3 is 2.43 bits per heavy atom. The predicted octanol–water partition coefficient (Wildman–Crippen LogP) is 3.53. The van der Waals surface area contributed by atoms with E-state index in [4.69, 9.17) is 13.8 Å². The Bertz CT molecular complexity index is 708. The first-order valence-electron chi connectivity index (χ1n) is 7.56. The van der Waals surface area contributed by atoms with Gasteiger partial charge in [0.15, 0.2) is 0 Å². The summed E-state index contributed by atoms with van der Waals surface area (Å²) in [5.41, 5.74) is -0.275. The number of ether oxygens (including phenoxy) is 1. The molecule has 0 aliphatic rings. The Kier molecular flexibility index (Phi) is 5.70. The molecule has 0 aliphatic heterocycles. The van der Waals surface area contributed by atoms with Gasteiger partial charge in [-0.15, -0.1) is 5.10 Å². The van der Waals surface area contributed by atoms with Crippen molar-refractivity contribution in [1.29, 1.82) is 0 Å². The van der Waals surface area contributed by atoms with Crippen LogP contribution in [-0.2, 0) is 23.8 Å². The summed E-state index contributed by atoms with van der Waals surface area (Å²) in [5, 5.41) is 8.23. The first kappa shape index (κ1) is 17.8. The van der Waals surface area contributed by atoms with Crippen molar-refractivity contribution < 1.29 is 18.3 Å². The minimum absolute atomic E-state index is 0.201. The van der Waals surface area contributed by atoms with Crippen LogP contribution in [0.2, 0.25) is 0 Å². The van der Waals surface area contributed by atoms with Crippen molar-refractivity contribution >= 4 is 18.6 Å². The van der Waals surface area contributed by atoms with Crippen LogP contribution in [0.25, 0.3) is 11.0 Å². The smallest absolute Gasteiger partial charge is 0.341 e. The Morgan fingerprint density at radius 2 is 1.87 bits per heavy atom. The molecule has 0 N–H and O–H groups in total. The summed E-state index contributed by atoms with van der Waals surface area (Å²) in [6.45, 7) is 9.74. The molecule has 7 nitrogen and oxygen atoms in total. The fourth-order valence-electron chi connectivity index (χ4n) is 2.39. The van der Waals surface area contributed by atoms with Gasteiger partial charge in [-0.05, 0) is 39.0 Å². The second-order valence-corrected chi connectivity index (χ2v) is 6.77. The van der Waals surface area contributed by atoms with Crippen LogP contribution in [0.3, 0.4) is 0 Å². The maximum absolute atomic E-state index is 13.5. The zero-order valence-electron chi connectivity index (χ0n) is 13.6. The summed E-state index contributed by atoms with van der Waals surface area (Å²) in [4.78, 5) is 0. The number of aromatic nitrogens is 3. The third kappa shape index (κ3) is 2.97. The van der Waals surface area contributed by atoms with Crippen LogP contribution in [0.15, 0.2) is 36.9 Å². The van der Waals surface area contributed by atoms with Crippen LogP contribution in [-0.4, -0.2) is 34.8 Å². The van der Waals surface area contributed by atoms with E-state index in [9.17, 15) is 4.57 Å². The summed E-state index contributed by atoms with van der Waals surface area (Å²) in [5.74, 6) is 0. The SMILES string of the molecule is C=CC(OCC)(n1nnc2ccccc21)P(=O)(OCC)OCC. The molecule has 1 unspecified atom stereocenters. The number of hydrogen-bond donors (Lipinski definition) is 0. The molecule has 0 saturated heterocycles. The standard InChI is InChI=1S/C15H22N3O4P/c1-5-15(20-6-2,23(19,21-7-3)22-8-4)18-14-12-10-9-11-13(14)16-17-18/h5,9-12H,1,6-8H2,2-4H3. The average molecular weight is 339 g/mol. The van der Waals surface area contributed by atoms with Crippen LogP contribution in [0.5, 0.6) is 0 Å². The molecule has 0 aliphatic carbocycles. The van der Waals surface area contributed by atoms with Gasteiger partial charge in [-0.3, -0.25) is 4.57 Å². The highest BCUT2D eigenvalue weighted by Gasteiger charge is 2.53. The third-order valence-corrected chi connectivity index (χ3v) is 5.75. The largest absolute Gasteiger partial charge is 0.389 e. The van der Waals surface area contributed by atoms with Gasteiger partial charge >= 0.3 is 7.60 Å². The highest BCUT2D eigenvalue weighted by atomic mass is 31.2. The Labute approximate surface area is 135 Å². The van der Waals surface area contributed by atoms with Gasteiger partial charge < -0.3 is 13.8 Å². The minimum Gasteiger partial charge on any atom is -0.341 e. The number of rotatable bonds is 9. The molecule has 0 fully saturated rings. The number of para-hydroxylation sites is 1. The molecule has 1 atom stereocenters. The average Bonchev–Trinajstić information content (AvgIpc) is 2.97. The van der Waals surface area contributed by atoms with Gasteiger partial charge in [-0.2, -0.15) is 4.68 Å². The van der Waals surface area contributed by atoms with E-state index in [0.29, 0.717) is 11.0 Å². The summed E-state index contributed by atoms with van der Waals surface area (Å²) in [7, 11) is -3.75. The van der Waals surface area contributed by atoms with Crippen LogP contribution in [0.4, 0.5) is 0 Å². The molecule has 0 amide bonds. The highest BCUT2D eigenvalue weighted by Crippen LogP contribution is 2.64. The lowest BCUT2D eigenvalue weighted by Gasteiger charge is -2.35. The fourth-order valence-corrected chi connectivity index (χ4v) is 4.41. The lowest BCUT2D eigenvalue weighted by atomic mass is 10.3. The van der Waals surface area contributed by atoms with E-state index in [0.717, 1.165) is 0 Å². The quantitative estimate of drug-likeness (QED) is 0.514. The maximum Gasteiger partial charge on any atom is 0.389 e. The lowest BCUT2D eigenvalue weighted by Crippen LogP contribution is -2.37. The number of hydrogen-bond acceptors (Lipinski definition) is 6. The van der Waals surface area contributed by atoms with Gasteiger partial charge in [0, 0.05) is 6.61 Å². The van der Waals surface area contributed by atoms with Gasteiger partial charge in [-0.1, -0.05) is 23.9 Å². The van der Waals surface area contributed by atoms with Crippen LogP contribution in [0.1, 0.15) is 20.8 Å². The Balaban J connectivity index is 2.72. The van der Waals surface area contributed by atoms with E-state index < -0.39 is 13.1 Å². The van der Waals surface area contributed by atoms with Gasteiger partial charge in [0.25, 0.3) is 5.47 Å². The summed E-state index contributed by atoms with van der Waals surface area (Å²) >= 11 is 0. The van der Waals surface area contributed by atoms with Crippen molar-refractivity contribution in [2.45, 2.75) is 26.2 Å². The summed E-state index contributed by atoms with van der Waals surface area (Å²) in [6.07, 6.45) is 1.41. The van der Waals surface area contributed by atoms with E-state index in [1.54, 1.807) is 20.8 Å². The van der Waals surface area contributed by atoms with Gasteiger partial charge in [0.1, 0.15) is 5.52 Å². The van der Waals surface area contributed by atoms with Crippen molar-refractivity contribution in [3.05, 3.63) is 36.9 Å². The molecule has 2 rings (SSSR count). The molecule has 23 heavy (non-hydrogen) atoms. The molecular formula is C15H22N3O4P. The number of nitrogens with zero attached hydrogens (tertiary/aromatic N) is 3. The third-order valence-electron chi connectivity index (χ3n) is 3.27. The highest BCUT2D eigenvalue weighted by molar-refractivity contribution is 7.54. The molecule has 126 valence electrons. The van der Waals surface area contributed by atoms with E-state index in [1.165, 1.54) is 10.8 Å². The molecule has 2 aromatic rings. The van der Waals surface area contributed by atoms with Crippen LogP contribution >= 0.6 is 7.60 Å². The maximum atomic E-state index is 13.5. The predicted molar refractivity (Wildman–Crippen MR) is 88.2 cm³/mol. The molecule has 8 heteroatoms. The number of benzene rings is 1. The minimum atomic E-state index is -3.75. The molecule has 0 spiro atoms. The van der Waals surface area contributed by atoms with Crippen molar-refractivity contribution in [2.75, 3.05) is 19.8 Å². The van der Waals surface area contributed by atoms with Crippen molar-refractivity contribution in [1.82, 2.24) is 15.0 Å². The number of fused-ring (bicyclic) bond motifs is 1. The van der Waals surface area contributed by atoms with Gasteiger partial charge in [0.2, 0.25) is 0 Å². The Hall–Kier alpha value is -1.53. The normalized spacial score (nSPS) is 14.7. The fraction of sp³-hybridized carbons (Fsp3) is 0.467. The Morgan fingerprint density at radius 1 is 1.22 bits per heavy atom. The van der Waals surface area contributed by atoms with E-state index >= 15 is 0 Å². The van der Waals surface area contributed by atoms with Crippen LogP contribution < -0.4 is 0 Å². The molecule has 1 aromatic carbocycles. The second-order valence-electron chi connectivity index (χ2n) is 4.62. The molecule has 0 saturated carbocycles. The van der Waals surface area contributed by atoms with E-state index in [2.05, 4.69) is 16.9 Å². The van der Waals surface area contributed by atoms with Gasteiger partial charge in [0.05, 0.1) is 18.7 Å². The van der Waals surface area contributed by atoms with Gasteiger partial charge in [-0.25, -0.2) is 0 Å². The zero-order valence-corrected chi connectivity index (χ0v) is 14.5. The molecule has 0 radical (unpaired) electrons.